The highest BCUT2D eigenvalue weighted by molar-refractivity contribution is 5.72. The number of aromatic amines is 1. The van der Waals surface area contributed by atoms with Gasteiger partial charge in [-0.25, -0.2) is 0 Å². The number of benzene rings is 1. The quantitative estimate of drug-likeness (QED) is 0.408. The van der Waals surface area contributed by atoms with Crippen LogP contribution >= 0.6 is 0 Å². The predicted molar refractivity (Wildman–Crippen MR) is 157 cm³/mol. The average molecular weight is 533 g/mol. The summed E-state index contributed by atoms with van der Waals surface area (Å²) >= 11 is 0. The van der Waals surface area contributed by atoms with E-state index >= 15 is 0 Å². The van der Waals surface area contributed by atoms with Crippen LogP contribution in [-0.4, -0.2) is 65.6 Å². The van der Waals surface area contributed by atoms with E-state index in [0.717, 1.165) is 61.8 Å². The van der Waals surface area contributed by atoms with Gasteiger partial charge in [0.15, 0.2) is 0 Å². The molecule has 8 nitrogen and oxygen atoms in total. The highest BCUT2D eigenvalue weighted by atomic mass is 16.5. The van der Waals surface area contributed by atoms with E-state index in [4.69, 9.17) is 9.84 Å². The molecule has 8 heteroatoms. The van der Waals surface area contributed by atoms with Crippen LogP contribution in [0.4, 0.5) is 5.69 Å². The Labute approximate surface area is 232 Å². The number of nitrogens with one attached hydrogen (secondary N) is 2. The van der Waals surface area contributed by atoms with Crippen molar-refractivity contribution in [2.45, 2.75) is 72.1 Å². The zero-order valence-electron chi connectivity index (χ0n) is 24.1. The van der Waals surface area contributed by atoms with Crippen molar-refractivity contribution in [3.05, 3.63) is 68.9 Å². The number of H-pyrrole nitrogens is 1. The summed E-state index contributed by atoms with van der Waals surface area (Å²) in [5.41, 5.74) is 8.92. The third-order valence-electron chi connectivity index (χ3n) is 8.57. The largest absolute Gasteiger partial charge is 0.379 e. The predicted octanol–water partition coefficient (Wildman–Crippen LogP) is 4.16. The number of hydrogen-bond acceptors (Lipinski definition) is 6. The molecule has 1 aliphatic carbocycles. The van der Waals surface area contributed by atoms with Gasteiger partial charge in [0, 0.05) is 74.5 Å². The second-order valence-electron chi connectivity index (χ2n) is 11.3. The van der Waals surface area contributed by atoms with Crippen molar-refractivity contribution >= 4 is 5.69 Å². The minimum atomic E-state index is -0.00313. The van der Waals surface area contributed by atoms with E-state index in [1.54, 1.807) is 0 Å². The molecule has 1 aromatic carbocycles. The summed E-state index contributed by atoms with van der Waals surface area (Å²) in [4.78, 5) is 20.4. The first-order chi connectivity index (χ1) is 18.9. The van der Waals surface area contributed by atoms with Crippen LogP contribution in [0.25, 0.3) is 11.1 Å². The molecular weight excluding hydrogens is 488 g/mol. The van der Waals surface area contributed by atoms with E-state index in [-0.39, 0.29) is 5.56 Å². The minimum absolute atomic E-state index is 0.00313. The van der Waals surface area contributed by atoms with Crippen molar-refractivity contribution < 1.29 is 4.74 Å². The van der Waals surface area contributed by atoms with Crippen LogP contribution in [0.5, 0.6) is 0 Å². The van der Waals surface area contributed by atoms with Gasteiger partial charge in [-0.05, 0) is 74.1 Å². The third kappa shape index (κ3) is 6.62. The molecule has 0 amide bonds. The first-order valence-electron chi connectivity index (χ1n) is 14.5. The molecule has 0 spiro atoms. The highest BCUT2D eigenvalue weighted by Crippen LogP contribution is 2.34. The number of anilines is 1. The van der Waals surface area contributed by atoms with Gasteiger partial charge in [0.1, 0.15) is 0 Å². The molecule has 2 fully saturated rings. The molecule has 3 heterocycles. The van der Waals surface area contributed by atoms with Crippen molar-refractivity contribution in [2.75, 3.05) is 44.8 Å². The van der Waals surface area contributed by atoms with E-state index in [1.807, 2.05) is 26.1 Å². The zero-order valence-corrected chi connectivity index (χ0v) is 24.1. The SMILES string of the molecule is Cc1cc(C)c(CNCc2cc(-c3cnn(CCN4CCOCC4)c3)cc(N(C)C3CCCC3)c2C)c(=O)[nH]1. The van der Waals surface area contributed by atoms with Crippen LogP contribution in [0.3, 0.4) is 0 Å². The summed E-state index contributed by atoms with van der Waals surface area (Å²) in [6, 6.07) is 7.26. The second-order valence-corrected chi connectivity index (χ2v) is 11.3. The molecule has 0 unspecified atom stereocenters. The van der Waals surface area contributed by atoms with Crippen molar-refractivity contribution in [2.24, 2.45) is 0 Å². The smallest absolute Gasteiger partial charge is 0.252 e. The standard InChI is InChI=1S/C31H44N6O2/c1-22-15-23(2)34-31(38)29(22)20-32-18-26-16-25(17-30(24(26)3)35(4)28-7-5-6-8-28)27-19-33-37(21-27)10-9-36-11-13-39-14-12-36/h15-17,19,21,28,32H,5-14,18,20H2,1-4H3,(H,34,38). The number of aromatic nitrogens is 3. The summed E-state index contributed by atoms with van der Waals surface area (Å²) in [7, 11) is 2.25. The number of nitrogens with zero attached hydrogens (tertiary/aromatic N) is 4. The number of rotatable bonds is 10. The van der Waals surface area contributed by atoms with Gasteiger partial charge in [0.05, 0.1) is 26.0 Å². The molecule has 0 atom stereocenters. The van der Waals surface area contributed by atoms with Gasteiger partial charge in [-0.1, -0.05) is 12.8 Å². The summed E-state index contributed by atoms with van der Waals surface area (Å²) in [5, 5.41) is 8.26. The molecule has 3 aromatic rings. The fourth-order valence-corrected chi connectivity index (χ4v) is 6.09. The summed E-state index contributed by atoms with van der Waals surface area (Å²) in [6.45, 7) is 12.9. The van der Waals surface area contributed by atoms with Gasteiger partial charge < -0.3 is 19.9 Å². The third-order valence-corrected chi connectivity index (χ3v) is 8.57. The second kappa shape index (κ2) is 12.5. The number of pyridine rings is 1. The number of aryl methyl sites for hydroxylation is 2. The van der Waals surface area contributed by atoms with Crippen molar-refractivity contribution in [1.29, 1.82) is 0 Å². The molecule has 2 N–H and O–H groups in total. The molecule has 2 aromatic heterocycles. The Bertz CT molecular complexity index is 1320. The van der Waals surface area contributed by atoms with Gasteiger partial charge in [-0.2, -0.15) is 5.10 Å². The topological polar surface area (TPSA) is 78.4 Å². The molecule has 2 aliphatic rings. The van der Waals surface area contributed by atoms with E-state index in [0.29, 0.717) is 19.1 Å². The molecule has 0 radical (unpaired) electrons. The zero-order chi connectivity index (χ0) is 27.4. The Hall–Kier alpha value is -2.94. The lowest BCUT2D eigenvalue weighted by Crippen LogP contribution is -2.38. The lowest BCUT2D eigenvalue weighted by atomic mass is 9.98. The van der Waals surface area contributed by atoms with E-state index in [1.165, 1.54) is 48.1 Å². The van der Waals surface area contributed by atoms with Crippen LogP contribution in [0.2, 0.25) is 0 Å². The van der Waals surface area contributed by atoms with Crippen molar-refractivity contribution in [3.63, 3.8) is 0 Å². The van der Waals surface area contributed by atoms with Gasteiger partial charge in [0.2, 0.25) is 0 Å². The van der Waals surface area contributed by atoms with Crippen LogP contribution < -0.4 is 15.8 Å². The molecule has 1 saturated carbocycles. The molecule has 5 rings (SSSR count). The molecular formula is C31H44N6O2. The Morgan fingerprint density at radius 3 is 2.56 bits per heavy atom. The number of morpholine rings is 1. The highest BCUT2D eigenvalue weighted by Gasteiger charge is 2.23. The monoisotopic (exact) mass is 532 g/mol. The normalized spacial score (nSPS) is 16.7. The van der Waals surface area contributed by atoms with E-state index < -0.39 is 0 Å². The van der Waals surface area contributed by atoms with Crippen LogP contribution in [0, 0.1) is 20.8 Å². The minimum Gasteiger partial charge on any atom is -0.379 e. The molecule has 1 aliphatic heterocycles. The van der Waals surface area contributed by atoms with Crippen LogP contribution in [0.1, 0.15) is 53.6 Å². The number of hydrogen-bond donors (Lipinski definition) is 2. The van der Waals surface area contributed by atoms with Crippen LogP contribution in [0.15, 0.2) is 35.4 Å². The van der Waals surface area contributed by atoms with Gasteiger partial charge in [-0.3, -0.25) is 14.4 Å². The Morgan fingerprint density at radius 2 is 1.82 bits per heavy atom. The molecule has 0 bridgehead atoms. The molecule has 39 heavy (non-hydrogen) atoms. The van der Waals surface area contributed by atoms with Gasteiger partial charge in [-0.15, -0.1) is 0 Å². The lowest BCUT2D eigenvalue weighted by Gasteiger charge is -2.30. The van der Waals surface area contributed by atoms with Crippen molar-refractivity contribution in [3.8, 4) is 11.1 Å². The molecule has 1 saturated heterocycles. The van der Waals surface area contributed by atoms with E-state index in [9.17, 15) is 4.79 Å². The fourth-order valence-electron chi connectivity index (χ4n) is 6.09. The van der Waals surface area contributed by atoms with E-state index in [2.05, 4.69) is 57.1 Å². The maximum atomic E-state index is 12.5. The Morgan fingerprint density at radius 1 is 1.05 bits per heavy atom. The fraction of sp³-hybridized carbons (Fsp3) is 0.548. The van der Waals surface area contributed by atoms with Gasteiger partial charge >= 0.3 is 0 Å². The Balaban J connectivity index is 1.37. The van der Waals surface area contributed by atoms with Crippen molar-refractivity contribution in [1.82, 2.24) is 25.0 Å². The first kappa shape index (κ1) is 27.6. The van der Waals surface area contributed by atoms with Gasteiger partial charge in [0.25, 0.3) is 5.56 Å². The average Bonchev–Trinajstić information content (AvgIpc) is 3.63. The Kier molecular flexibility index (Phi) is 8.85. The van der Waals surface area contributed by atoms with Crippen LogP contribution in [-0.2, 0) is 24.4 Å². The summed E-state index contributed by atoms with van der Waals surface area (Å²) in [5.74, 6) is 0. The molecule has 210 valence electrons. The lowest BCUT2D eigenvalue weighted by molar-refractivity contribution is 0.0360. The maximum Gasteiger partial charge on any atom is 0.252 e. The first-order valence-corrected chi connectivity index (χ1v) is 14.5. The number of ether oxygens (including phenoxy) is 1. The maximum absolute atomic E-state index is 12.5. The summed E-state index contributed by atoms with van der Waals surface area (Å²) < 4.78 is 7.55. The summed E-state index contributed by atoms with van der Waals surface area (Å²) in [6.07, 6.45) is 9.29.